The fraction of sp³-hybridized carbons (Fsp3) is 0.133. The second kappa shape index (κ2) is 7.25. The Morgan fingerprint density at radius 3 is 2.65 bits per heavy atom. The molecule has 5 heteroatoms. The van der Waals surface area contributed by atoms with Crippen LogP contribution in [-0.4, -0.2) is 5.91 Å². The summed E-state index contributed by atoms with van der Waals surface area (Å²) in [6.07, 6.45) is 0. The lowest BCUT2D eigenvalue weighted by Gasteiger charge is -2.08. The molecule has 0 aliphatic heterocycles. The molecule has 0 saturated heterocycles. The summed E-state index contributed by atoms with van der Waals surface area (Å²) in [4.78, 5) is 12.1. The van der Waals surface area contributed by atoms with E-state index in [1.165, 1.54) is 5.56 Å². The standard InChI is InChI=1S/C15H12Br2ClNO/c16-8-10-2-1-3-11(6-10)9-19-15(20)13-7-12(18)4-5-14(13)17/h1-7H,8-9H2,(H,19,20). The summed E-state index contributed by atoms with van der Waals surface area (Å²) >= 11 is 12.7. The maximum Gasteiger partial charge on any atom is 0.252 e. The van der Waals surface area contributed by atoms with Gasteiger partial charge in [0.2, 0.25) is 0 Å². The summed E-state index contributed by atoms with van der Waals surface area (Å²) < 4.78 is 0.730. The van der Waals surface area contributed by atoms with Crippen molar-refractivity contribution in [1.82, 2.24) is 5.32 Å². The molecule has 0 atom stereocenters. The van der Waals surface area contributed by atoms with Crippen LogP contribution in [0.3, 0.4) is 0 Å². The molecule has 0 aliphatic carbocycles. The Labute approximate surface area is 139 Å². The summed E-state index contributed by atoms with van der Waals surface area (Å²) in [5.41, 5.74) is 2.78. The highest BCUT2D eigenvalue weighted by Crippen LogP contribution is 2.21. The third kappa shape index (κ3) is 4.08. The van der Waals surface area contributed by atoms with Crippen LogP contribution in [0.4, 0.5) is 0 Å². The van der Waals surface area contributed by atoms with E-state index < -0.39 is 0 Å². The normalized spacial score (nSPS) is 10.3. The monoisotopic (exact) mass is 415 g/mol. The van der Waals surface area contributed by atoms with Crippen molar-refractivity contribution >= 4 is 49.4 Å². The first-order chi connectivity index (χ1) is 9.60. The first-order valence-corrected chi connectivity index (χ1v) is 8.26. The number of nitrogens with one attached hydrogen (secondary N) is 1. The van der Waals surface area contributed by atoms with E-state index in [1.807, 2.05) is 18.2 Å². The van der Waals surface area contributed by atoms with Gasteiger partial charge in [-0.05, 0) is 45.3 Å². The maximum absolute atomic E-state index is 12.1. The van der Waals surface area contributed by atoms with Crippen LogP contribution in [0.25, 0.3) is 0 Å². The Hall–Kier alpha value is -0.840. The lowest BCUT2D eigenvalue weighted by Crippen LogP contribution is -2.23. The fourth-order valence-electron chi connectivity index (χ4n) is 1.77. The van der Waals surface area contributed by atoms with Crippen LogP contribution in [0.15, 0.2) is 46.9 Å². The van der Waals surface area contributed by atoms with Gasteiger partial charge in [0, 0.05) is 21.4 Å². The van der Waals surface area contributed by atoms with Crippen LogP contribution < -0.4 is 5.32 Å². The summed E-state index contributed by atoms with van der Waals surface area (Å²) in [6.45, 7) is 0.485. The first kappa shape index (κ1) is 15.5. The van der Waals surface area contributed by atoms with Crippen molar-refractivity contribution in [3.63, 3.8) is 0 Å². The average molecular weight is 418 g/mol. The third-order valence-corrected chi connectivity index (χ3v) is 4.35. The SMILES string of the molecule is O=C(NCc1cccc(CBr)c1)c1cc(Cl)ccc1Br. The second-order valence-electron chi connectivity index (χ2n) is 4.26. The van der Waals surface area contributed by atoms with Crippen LogP contribution in [0, 0.1) is 0 Å². The molecule has 2 aromatic rings. The fourth-order valence-corrected chi connectivity index (χ4v) is 2.72. The highest BCUT2D eigenvalue weighted by Gasteiger charge is 2.10. The Morgan fingerprint density at radius 1 is 1.15 bits per heavy atom. The van der Waals surface area contributed by atoms with Gasteiger partial charge in [0.15, 0.2) is 0 Å². The molecular formula is C15H12Br2ClNO. The van der Waals surface area contributed by atoms with Gasteiger partial charge in [0.1, 0.15) is 0 Å². The number of hydrogen-bond donors (Lipinski definition) is 1. The number of hydrogen-bond acceptors (Lipinski definition) is 1. The molecule has 0 spiro atoms. The van der Waals surface area contributed by atoms with Gasteiger partial charge in [-0.2, -0.15) is 0 Å². The number of alkyl halides is 1. The van der Waals surface area contributed by atoms with Crippen molar-refractivity contribution in [2.75, 3.05) is 0 Å². The van der Waals surface area contributed by atoms with Crippen LogP contribution in [-0.2, 0) is 11.9 Å². The predicted octanol–water partition coefficient (Wildman–Crippen LogP) is 4.93. The zero-order valence-corrected chi connectivity index (χ0v) is 14.4. The average Bonchev–Trinajstić information content (AvgIpc) is 2.47. The zero-order valence-electron chi connectivity index (χ0n) is 10.5. The molecular weight excluding hydrogens is 405 g/mol. The molecule has 0 unspecified atom stereocenters. The van der Waals surface area contributed by atoms with E-state index in [0.717, 1.165) is 15.4 Å². The summed E-state index contributed by atoms with van der Waals surface area (Å²) in [5, 5.41) is 4.23. The summed E-state index contributed by atoms with van der Waals surface area (Å²) in [7, 11) is 0. The lowest BCUT2D eigenvalue weighted by molar-refractivity contribution is 0.0950. The maximum atomic E-state index is 12.1. The third-order valence-electron chi connectivity index (χ3n) is 2.77. The van der Waals surface area contributed by atoms with Gasteiger partial charge in [0.05, 0.1) is 5.56 Å². The molecule has 0 bridgehead atoms. The molecule has 2 nitrogen and oxygen atoms in total. The van der Waals surface area contributed by atoms with E-state index in [4.69, 9.17) is 11.6 Å². The minimum absolute atomic E-state index is 0.149. The van der Waals surface area contributed by atoms with Gasteiger partial charge >= 0.3 is 0 Å². The Bertz CT molecular complexity index is 631. The number of carbonyl (C=O) groups is 1. The van der Waals surface area contributed by atoms with Crippen molar-refractivity contribution in [3.05, 3.63) is 68.7 Å². The van der Waals surface area contributed by atoms with Crippen LogP contribution in [0.1, 0.15) is 21.5 Å². The highest BCUT2D eigenvalue weighted by atomic mass is 79.9. The first-order valence-electron chi connectivity index (χ1n) is 5.97. The largest absolute Gasteiger partial charge is 0.348 e. The van der Waals surface area contributed by atoms with E-state index >= 15 is 0 Å². The molecule has 20 heavy (non-hydrogen) atoms. The lowest BCUT2D eigenvalue weighted by atomic mass is 10.1. The molecule has 0 aliphatic rings. The molecule has 0 aromatic heterocycles. The molecule has 0 radical (unpaired) electrons. The van der Waals surface area contributed by atoms with Crippen molar-refractivity contribution in [2.45, 2.75) is 11.9 Å². The molecule has 2 rings (SSSR count). The van der Waals surface area contributed by atoms with E-state index in [0.29, 0.717) is 17.1 Å². The molecule has 104 valence electrons. The number of amides is 1. The summed E-state index contributed by atoms with van der Waals surface area (Å²) in [5.74, 6) is -0.149. The molecule has 2 aromatic carbocycles. The highest BCUT2D eigenvalue weighted by molar-refractivity contribution is 9.10. The minimum atomic E-state index is -0.149. The van der Waals surface area contributed by atoms with E-state index in [9.17, 15) is 4.79 Å². The van der Waals surface area contributed by atoms with Gasteiger partial charge in [-0.1, -0.05) is 51.8 Å². The van der Waals surface area contributed by atoms with E-state index in [-0.39, 0.29) is 5.91 Å². The smallest absolute Gasteiger partial charge is 0.252 e. The van der Waals surface area contributed by atoms with Gasteiger partial charge in [-0.25, -0.2) is 0 Å². The van der Waals surface area contributed by atoms with Crippen LogP contribution in [0.2, 0.25) is 5.02 Å². The molecule has 1 N–H and O–H groups in total. The van der Waals surface area contributed by atoms with Crippen molar-refractivity contribution in [2.24, 2.45) is 0 Å². The van der Waals surface area contributed by atoms with Crippen molar-refractivity contribution < 1.29 is 4.79 Å². The second-order valence-corrected chi connectivity index (χ2v) is 6.11. The van der Waals surface area contributed by atoms with Crippen molar-refractivity contribution in [1.29, 1.82) is 0 Å². The Kier molecular flexibility index (Phi) is 5.64. The van der Waals surface area contributed by atoms with Crippen molar-refractivity contribution in [3.8, 4) is 0 Å². The van der Waals surface area contributed by atoms with Crippen LogP contribution >= 0.6 is 43.5 Å². The molecule has 1 amide bonds. The topological polar surface area (TPSA) is 29.1 Å². The molecule has 0 fully saturated rings. The molecule has 0 heterocycles. The number of carbonyl (C=O) groups excluding carboxylic acids is 1. The zero-order chi connectivity index (χ0) is 14.5. The van der Waals surface area contributed by atoms with E-state index in [1.54, 1.807) is 18.2 Å². The molecule has 0 saturated carbocycles. The quantitative estimate of drug-likeness (QED) is 0.703. The minimum Gasteiger partial charge on any atom is -0.348 e. The van der Waals surface area contributed by atoms with Crippen LogP contribution in [0.5, 0.6) is 0 Å². The Balaban J connectivity index is 2.06. The number of rotatable bonds is 4. The number of halogens is 3. The number of benzene rings is 2. The van der Waals surface area contributed by atoms with Gasteiger partial charge in [-0.3, -0.25) is 4.79 Å². The van der Waals surface area contributed by atoms with Gasteiger partial charge in [0.25, 0.3) is 5.91 Å². The van der Waals surface area contributed by atoms with Gasteiger partial charge in [-0.15, -0.1) is 0 Å². The van der Waals surface area contributed by atoms with E-state index in [2.05, 4.69) is 43.2 Å². The Morgan fingerprint density at radius 2 is 1.90 bits per heavy atom. The summed E-state index contributed by atoms with van der Waals surface area (Å²) in [6, 6.07) is 13.2. The predicted molar refractivity (Wildman–Crippen MR) is 89.4 cm³/mol. The van der Waals surface area contributed by atoms with Gasteiger partial charge < -0.3 is 5.32 Å².